The van der Waals surface area contributed by atoms with E-state index in [4.69, 9.17) is 4.74 Å². The quantitative estimate of drug-likeness (QED) is 0.0320. The number of hydrogen-bond acceptors (Lipinski definition) is 5. The number of hydrogen-bond donors (Lipinski definition) is 3. The van der Waals surface area contributed by atoms with Crippen LogP contribution >= 0.6 is 0 Å². The van der Waals surface area contributed by atoms with E-state index in [2.05, 4.69) is 43.5 Å². The summed E-state index contributed by atoms with van der Waals surface area (Å²) in [4.78, 5) is 24.6. The molecular formula is C80H155NO5. The van der Waals surface area contributed by atoms with E-state index in [0.717, 1.165) is 51.4 Å². The highest BCUT2D eigenvalue weighted by molar-refractivity contribution is 5.76. The fraction of sp³-hybridized carbons (Fsp3) is 0.925. The molecule has 3 N–H and O–H groups in total. The van der Waals surface area contributed by atoms with E-state index in [9.17, 15) is 19.8 Å². The Morgan fingerprint density at radius 1 is 0.326 bits per heavy atom. The number of carbonyl (C=O) groups excluding carboxylic acids is 2. The Labute approximate surface area is 539 Å². The van der Waals surface area contributed by atoms with E-state index < -0.39 is 12.1 Å². The molecule has 0 bridgehead atoms. The number of ether oxygens (including phenoxy) is 1. The van der Waals surface area contributed by atoms with Crippen molar-refractivity contribution in [2.24, 2.45) is 0 Å². The highest BCUT2D eigenvalue weighted by Crippen LogP contribution is 2.20. The Kier molecular flexibility index (Phi) is 74.3. The number of amides is 1. The van der Waals surface area contributed by atoms with Crippen LogP contribution < -0.4 is 5.32 Å². The summed E-state index contributed by atoms with van der Waals surface area (Å²) in [5.41, 5.74) is 0. The van der Waals surface area contributed by atoms with E-state index in [0.29, 0.717) is 25.9 Å². The van der Waals surface area contributed by atoms with Gasteiger partial charge in [0.05, 0.1) is 25.4 Å². The minimum Gasteiger partial charge on any atom is -0.466 e. The van der Waals surface area contributed by atoms with Gasteiger partial charge in [-0.15, -0.1) is 0 Å². The Bertz CT molecular complexity index is 1350. The molecule has 2 atom stereocenters. The SMILES string of the molecule is CCCC/C=C\C/C=C\CCCCCCCC(=O)OCCCCCCCCCCCCCCCCCCCCCCCCCCCCCCCCC(=O)NC(CO)C(O)CCCCCCCCCCCCCCCCCCCCCCCCCCC. The van der Waals surface area contributed by atoms with E-state index in [-0.39, 0.29) is 18.5 Å². The van der Waals surface area contributed by atoms with E-state index >= 15 is 0 Å². The zero-order chi connectivity index (χ0) is 62.0. The highest BCUT2D eigenvalue weighted by atomic mass is 16.5. The lowest BCUT2D eigenvalue weighted by atomic mass is 10.0. The first-order valence-electron chi connectivity index (χ1n) is 39.6. The molecular weight excluding hydrogens is 1050 g/mol. The van der Waals surface area contributed by atoms with E-state index in [1.807, 2.05) is 0 Å². The van der Waals surface area contributed by atoms with Gasteiger partial charge < -0.3 is 20.3 Å². The number of aliphatic hydroxyl groups excluding tert-OH is 2. The first-order valence-corrected chi connectivity index (χ1v) is 39.6. The molecule has 1 amide bonds. The molecule has 0 aliphatic heterocycles. The number of unbranched alkanes of at least 4 members (excludes halogenated alkanes) is 60. The Hall–Kier alpha value is -1.66. The van der Waals surface area contributed by atoms with Crippen molar-refractivity contribution < 1.29 is 24.5 Å². The van der Waals surface area contributed by atoms with Crippen LogP contribution in [-0.4, -0.2) is 47.4 Å². The second-order valence-corrected chi connectivity index (χ2v) is 27.4. The van der Waals surface area contributed by atoms with Crippen LogP contribution in [0.4, 0.5) is 0 Å². The smallest absolute Gasteiger partial charge is 0.305 e. The van der Waals surface area contributed by atoms with Gasteiger partial charge in [-0.05, 0) is 51.4 Å². The van der Waals surface area contributed by atoms with Crippen molar-refractivity contribution in [3.05, 3.63) is 24.3 Å². The molecule has 0 fully saturated rings. The molecule has 0 aromatic rings. The van der Waals surface area contributed by atoms with Gasteiger partial charge in [-0.1, -0.05) is 411 Å². The molecule has 6 nitrogen and oxygen atoms in total. The average Bonchev–Trinajstić information content (AvgIpc) is 3.54. The number of allylic oxidation sites excluding steroid dienone is 4. The fourth-order valence-corrected chi connectivity index (χ4v) is 12.7. The lowest BCUT2D eigenvalue weighted by Gasteiger charge is -2.22. The lowest BCUT2D eigenvalue weighted by Crippen LogP contribution is -2.45. The number of esters is 1. The predicted octanol–water partition coefficient (Wildman–Crippen LogP) is 26.0. The molecule has 0 aliphatic rings. The van der Waals surface area contributed by atoms with Gasteiger partial charge in [0, 0.05) is 12.8 Å². The normalized spacial score (nSPS) is 12.6. The first-order chi connectivity index (χ1) is 42.5. The summed E-state index contributed by atoms with van der Waals surface area (Å²) in [5, 5.41) is 23.5. The van der Waals surface area contributed by atoms with Gasteiger partial charge >= 0.3 is 5.97 Å². The van der Waals surface area contributed by atoms with Crippen LogP contribution in [0.2, 0.25) is 0 Å². The Morgan fingerprint density at radius 2 is 0.593 bits per heavy atom. The molecule has 0 saturated heterocycles. The number of carbonyl (C=O) groups is 2. The van der Waals surface area contributed by atoms with Crippen LogP contribution in [0.1, 0.15) is 450 Å². The summed E-state index contributed by atoms with van der Waals surface area (Å²) in [7, 11) is 0. The molecule has 0 aromatic heterocycles. The van der Waals surface area contributed by atoms with Gasteiger partial charge in [-0.25, -0.2) is 0 Å². The monoisotopic (exact) mass is 1210 g/mol. The third-order valence-electron chi connectivity index (χ3n) is 18.8. The Balaban J connectivity index is 3.34. The minimum absolute atomic E-state index is 0.00643. The van der Waals surface area contributed by atoms with Gasteiger partial charge in [0.2, 0.25) is 5.91 Å². The molecule has 0 saturated carbocycles. The molecule has 0 radical (unpaired) electrons. The average molecular weight is 1210 g/mol. The van der Waals surface area contributed by atoms with Crippen LogP contribution in [0.5, 0.6) is 0 Å². The first kappa shape index (κ1) is 84.3. The summed E-state index contributed by atoms with van der Waals surface area (Å²) in [6, 6.07) is -0.540. The zero-order valence-electron chi connectivity index (χ0n) is 58.6. The lowest BCUT2D eigenvalue weighted by molar-refractivity contribution is -0.143. The summed E-state index contributed by atoms with van der Waals surface area (Å²) in [6.07, 6.45) is 97.0. The third kappa shape index (κ3) is 71.4. The molecule has 0 aromatic carbocycles. The van der Waals surface area contributed by atoms with E-state index in [1.165, 1.54) is 366 Å². The van der Waals surface area contributed by atoms with Crippen LogP contribution in [0.25, 0.3) is 0 Å². The second-order valence-electron chi connectivity index (χ2n) is 27.4. The van der Waals surface area contributed by atoms with Gasteiger partial charge in [-0.2, -0.15) is 0 Å². The molecule has 510 valence electrons. The van der Waals surface area contributed by atoms with Crippen LogP contribution in [0, 0.1) is 0 Å². The summed E-state index contributed by atoms with van der Waals surface area (Å²) >= 11 is 0. The third-order valence-corrected chi connectivity index (χ3v) is 18.8. The minimum atomic E-state index is -0.663. The summed E-state index contributed by atoms with van der Waals surface area (Å²) in [6.45, 7) is 4.96. The van der Waals surface area contributed by atoms with Crippen molar-refractivity contribution >= 4 is 11.9 Å². The maximum absolute atomic E-state index is 12.6. The zero-order valence-corrected chi connectivity index (χ0v) is 58.6. The van der Waals surface area contributed by atoms with Crippen LogP contribution in [-0.2, 0) is 14.3 Å². The molecule has 6 heteroatoms. The van der Waals surface area contributed by atoms with Crippen LogP contribution in [0.3, 0.4) is 0 Å². The van der Waals surface area contributed by atoms with E-state index in [1.54, 1.807) is 0 Å². The Morgan fingerprint density at radius 3 is 0.919 bits per heavy atom. The maximum atomic E-state index is 12.6. The number of nitrogens with one attached hydrogen (secondary N) is 1. The van der Waals surface area contributed by atoms with Crippen molar-refractivity contribution in [1.82, 2.24) is 5.32 Å². The topological polar surface area (TPSA) is 95.9 Å². The van der Waals surface area contributed by atoms with Crippen LogP contribution in [0.15, 0.2) is 24.3 Å². The standard InChI is InChI=1S/C80H155NO5/c1-3-5-7-9-11-13-15-17-19-20-21-22-23-30-33-36-39-42-45-48-52-56-60-64-68-72-78(83)77(76-82)81-79(84)73-69-65-61-57-53-49-46-43-40-37-34-31-28-26-24-25-27-29-32-35-38-41-44-47-51-55-59-63-67-71-75-86-80(85)74-70-66-62-58-54-50-18-16-14-12-10-8-6-4-2/h10,12,16,18,77-78,82-83H,3-9,11,13-15,17,19-76H2,1-2H3,(H,81,84)/b12-10-,18-16-. The molecule has 2 unspecified atom stereocenters. The molecule has 0 rings (SSSR count). The second kappa shape index (κ2) is 75.8. The maximum Gasteiger partial charge on any atom is 0.305 e. The van der Waals surface area contributed by atoms with Gasteiger partial charge in [0.1, 0.15) is 0 Å². The van der Waals surface area contributed by atoms with Crippen molar-refractivity contribution in [2.75, 3.05) is 13.2 Å². The molecule has 0 spiro atoms. The predicted molar refractivity (Wildman–Crippen MR) is 380 cm³/mol. The summed E-state index contributed by atoms with van der Waals surface area (Å²) in [5.74, 6) is -0.0188. The highest BCUT2D eigenvalue weighted by Gasteiger charge is 2.20. The van der Waals surface area contributed by atoms with Crippen molar-refractivity contribution in [3.8, 4) is 0 Å². The fourth-order valence-electron chi connectivity index (χ4n) is 12.7. The number of aliphatic hydroxyl groups is 2. The molecule has 0 heterocycles. The van der Waals surface area contributed by atoms with Gasteiger partial charge in [0.25, 0.3) is 0 Å². The van der Waals surface area contributed by atoms with Crippen molar-refractivity contribution in [3.63, 3.8) is 0 Å². The molecule has 0 aliphatic carbocycles. The van der Waals surface area contributed by atoms with Crippen molar-refractivity contribution in [1.29, 1.82) is 0 Å². The summed E-state index contributed by atoms with van der Waals surface area (Å²) < 4.78 is 5.49. The molecule has 86 heavy (non-hydrogen) atoms. The van der Waals surface area contributed by atoms with Gasteiger partial charge in [0.15, 0.2) is 0 Å². The largest absolute Gasteiger partial charge is 0.466 e. The number of rotatable bonds is 75. The van der Waals surface area contributed by atoms with Gasteiger partial charge in [-0.3, -0.25) is 9.59 Å². The van der Waals surface area contributed by atoms with Crippen molar-refractivity contribution in [2.45, 2.75) is 463 Å².